The highest BCUT2D eigenvalue weighted by Gasteiger charge is 2.12. The van der Waals surface area contributed by atoms with Gasteiger partial charge in [0.05, 0.1) is 16.4 Å². The van der Waals surface area contributed by atoms with E-state index in [-0.39, 0.29) is 23.6 Å². The summed E-state index contributed by atoms with van der Waals surface area (Å²) in [5.74, 6) is -1.00. The Morgan fingerprint density at radius 2 is 2.05 bits per heavy atom. The summed E-state index contributed by atoms with van der Waals surface area (Å²) in [4.78, 5) is 22.7. The zero-order chi connectivity index (χ0) is 14.4. The van der Waals surface area contributed by atoms with Crippen molar-refractivity contribution in [3.63, 3.8) is 0 Å². The number of benzene rings is 1. The number of carbonyl (C=O) groups is 2. The lowest BCUT2D eigenvalue weighted by Gasteiger charge is -2.06. The summed E-state index contributed by atoms with van der Waals surface area (Å²) < 4.78 is 12.0. The van der Waals surface area contributed by atoms with Crippen LogP contribution in [0.5, 0.6) is 0 Å². The van der Waals surface area contributed by atoms with Gasteiger partial charge in [-0.05, 0) is 31.5 Å². The SMILES string of the molecule is CCNC(=O)CCS(=O)c1ccc(C)c(C(=O)O)c1. The molecule has 0 bridgehead atoms. The largest absolute Gasteiger partial charge is 0.478 e. The van der Waals surface area contributed by atoms with Crippen molar-refractivity contribution in [1.29, 1.82) is 0 Å². The van der Waals surface area contributed by atoms with Crippen LogP contribution in [0.3, 0.4) is 0 Å². The molecule has 1 unspecified atom stereocenters. The van der Waals surface area contributed by atoms with Gasteiger partial charge in [-0.1, -0.05) is 6.07 Å². The Kier molecular flexibility index (Phi) is 5.69. The van der Waals surface area contributed by atoms with Crippen LogP contribution in [0.25, 0.3) is 0 Å². The van der Waals surface area contributed by atoms with Gasteiger partial charge in [-0.3, -0.25) is 9.00 Å². The number of nitrogens with one attached hydrogen (secondary N) is 1. The van der Waals surface area contributed by atoms with Crippen molar-refractivity contribution < 1.29 is 18.9 Å². The second-order valence-electron chi connectivity index (χ2n) is 4.04. The van der Waals surface area contributed by atoms with E-state index in [0.717, 1.165) is 0 Å². The molecule has 5 nitrogen and oxygen atoms in total. The van der Waals surface area contributed by atoms with Gasteiger partial charge in [0, 0.05) is 23.6 Å². The fourth-order valence-electron chi connectivity index (χ4n) is 1.56. The minimum absolute atomic E-state index is 0.142. The van der Waals surface area contributed by atoms with Gasteiger partial charge in [0.25, 0.3) is 0 Å². The first-order valence-corrected chi connectivity index (χ1v) is 7.26. The van der Waals surface area contributed by atoms with Gasteiger partial charge >= 0.3 is 5.97 Å². The fourth-order valence-corrected chi connectivity index (χ4v) is 2.64. The number of aromatic carboxylic acids is 1. The van der Waals surface area contributed by atoms with Crippen molar-refractivity contribution in [2.45, 2.75) is 25.2 Å². The molecule has 0 aliphatic rings. The van der Waals surface area contributed by atoms with E-state index in [9.17, 15) is 13.8 Å². The Morgan fingerprint density at radius 1 is 1.37 bits per heavy atom. The molecule has 1 aromatic carbocycles. The third-order valence-corrected chi connectivity index (χ3v) is 3.95. The summed E-state index contributed by atoms with van der Waals surface area (Å²) >= 11 is 0. The second-order valence-corrected chi connectivity index (χ2v) is 5.61. The lowest BCUT2D eigenvalue weighted by atomic mass is 10.1. The van der Waals surface area contributed by atoms with E-state index in [1.165, 1.54) is 6.07 Å². The molecule has 0 aliphatic heterocycles. The molecule has 0 aliphatic carbocycles. The summed E-state index contributed by atoms with van der Waals surface area (Å²) in [6.45, 7) is 4.04. The zero-order valence-corrected chi connectivity index (χ0v) is 11.8. The molecule has 104 valence electrons. The normalized spacial score (nSPS) is 11.9. The molecule has 1 rings (SSSR count). The monoisotopic (exact) mass is 283 g/mol. The number of aryl methyl sites for hydroxylation is 1. The Morgan fingerprint density at radius 3 is 2.63 bits per heavy atom. The van der Waals surface area contributed by atoms with Gasteiger partial charge in [0.15, 0.2) is 0 Å². The Balaban J connectivity index is 2.75. The summed E-state index contributed by atoms with van der Waals surface area (Å²) in [6.07, 6.45) is 0.163. The van der Waals surface area contributed by atoms with Gasteiger partial charge < -0.3 is 10.4 Å². The quantitative estimate of drug-likeness (QED) is 0.825. The average Bonchev–Trinajstić information content (AvgIpc) is 2.36. The third kappa shape index (κ3) is 4.48. The van der Waals surface area contributed by atoms with E-state index < -0.39 is 16.8 Å². The highest BCUT2D eigenvalue weighted by Crippen LogP contribution is 2.15. The molecule has 0 spiro atoms. The van der Waals surface area contributed by atoms with Crippen LogP contribution in [0.15, 0.2) is 23.1 Å². The smallest absolute Gasteiger partial charge is 0.335 e. The molecule has 0 saturated heterocycles. The Bertz CT molecular complexity index is 513. The van der Waals surface area contributed by atoms with E-state index in [2.05, 4.69) is 5.32 Å². The third-order valence-electron chi connectivity index (χ3n) is 2.59. The van der Waals surface area contributed by atoms with Crippen LogP contribution in [0, 0.1) is 6.92 Å². The van der Waals surface area contributed by atoms with E-state index in [4.69, 9.17) is 5.11 Å². The van der Waals surface area contributed by atoms with E-state index in [1.54, 1.807) is 19.1 Å². The predicted octanol–water partition coefficient (Wildman–Crippen LogP) is 1.33. The highest BCUT2D eigenvalue weighted by atomic mass is 32.2. The zero-order valence-electron chi connectivity index (χ0n) is 10.9. The van der Waals surface area contributed by atoms with Crippen molar-refractivity contribution in [3.8, 4) is 0 Å². The van der Waals surface area contributed by atoms with Crippen molar-refractivity contribution in [3.05, 3.63) is 29.3 Å². The summed E-state index contributed by atoms with van der Waals surface area (Å²) in [5, 5.41) is 11.6. The summed E-state index contributed by atoms with van der Waals surface area (Å²) in [5.41, 5.74) is 0.765. The van der Waals surface area contributed by atoms with Crippen LogP contribution in [-0.2, 0) is 15.6 Å². The van der Waals surface area contributed by atoms with Crippen molar-refractivity contribution in [2.75, 3.05) is 12.3 Å². The van der Waals surface area contributed by atoms with Crippen LogP contribution >= 0.6 is 0 Å². The molecule has 6 heteroatoms. The number of amides is 1. The number of hydrogen-bond donors (Lipinski definition) is 2. The minimum Gasteiger partial charge on any atom is -0.478 e. The van der Waals surface area contributed by atoms with Crippen LogP contribution < -0.4 is 5.32 Å². The van der Waals surface area contributed by atoms with Gasteiger partial charge in [-0.25, -0.2) is 4.79 Å². The molecule has 1 amide bonds. The maximum absolute atomic E-state index is 12.0. The highest BCUT2D eigenvalue weighted by molar-refractivity contribution is 7.85. The van der Waals surface area contributed by atoms with Crippen LogP contribution in [0.2, 0.25) is 0 Å². The number of carboxylic acid groups (broad SMARTS) is 1. The van der Waals surface area contributed by atoms with Gasteiger partial charge in [-0.15, -0.1) is 0 Å². The molecule has 0 heterocycles. The number of rotatable bonds is 6. The minimum atomic E-state index is -1.37. The topological polar surface area (TPSA) is 83.5 Å². The fraction of sp³-hybridized carbons (Fsp3) is 0.385. The van der Waals surface area contributed by atoms with E-state index in [1.807, 2.05) is 6.92 Å². The van der Waals surface area contributed by atoms with Crippen molar-refractivity contribution in [2.24, 2.45) is 0 Å². The second kappa shape index (κ2) is 7.04. The summed E-state index contributed by atoms with van der Waals surface area (Å²) in [6, 6.07) is 4.67. The first-order chi connectivity index (χ1) is 8.95. The molecule has 2 N–H and O–H groups in total. The van der Waals surface area contributed by atoms with E-state index in [0.29, 0.717) is 17.0 Å². The first kappa shape index (κ1) is 15.4. The summed E-state index contributed by atoms with van der Waals surface area (Å²) in [7, 11) is -1.37. The Labute approximate surface area is 114 Å². The average molecular weight is 283 g/mol. The molecule has 19 heavy (non-hydrogen) atoms. The maximum Gasteiger partial charge on any atom is 0.335 e. The van der Waals surface area contributed by atoms with Crippen molar-refractivity contribution >= 4 is 22.7 Å². The van der Waals surface area contributed by atoms with Gasteiger partial charge in [0.2, 0.25) is 5.91 Å². The lowest BCUT2D eigenvalue weighted by molar-refractivity contribution is -0.120. The van der Waals surface area contributed by atoms with Gasteiger partial charge in [0.1, 0.15) is 0 Å². The first-order valence-electron chi connectivity index (χ1n) is 5.94. The standard InChI is InChI=1S/C13H17NO4S/c1-3-14-12(15)6-7-19(18)10-5-4-9(2)11(8-10)13(16)17/h4-5,8H,3,6-7H2,1-2H3,(H,14,15)(H,16,17). The molecular weight excluding hydrogens is 266 g/mol. The van der Waals surface area contributed by atoms with Crippen molar-refractivity contribution in [1.82, 2.24) is 5.32 Å². The molecule has 0 fully saturated rings. The molecule has 1 atom stereocenters. The van der Waals surface area contributed by atoms with Gasteiger partial charge in [-0.2, -0.15) is 0 Å². The van der Waals surface area contributed by atoms with Crippen LogP contribution in [0.4, 0.5) is 0 Å². The number of hydrogen-bond acceptors (Lipinski definition) is 3. The molecule has 1 aromatic rings. The molecular formula is C13H17NO4S. The molecule has 0 aromatic heterocycles. The predicted molar refractivity (Wildman–Crippen MR) is 72.7 cm³/mol. The van der Waals surface area contributed by atoms with E-state index >= 15 is 0 Å². The lowest BCUT2D eigenvalue weighted by Crippen LogP contribution is -2.24. The number of carbonyl (C=O) groups excluding carboxylic acids is 1. The molecule has 0 saturated carbocycles. The van der Waals surface area contributed by atoms with Crippen LogP contribution in [0.1, 0.15) is 29.3 Å². The number of carboxylic acids is 1. The molecule has 0 radical (unpaired) electrons. The maximum atomic E-state index is 12.0. The Hall–Kier alpha value is -1.69. The van der Waals surface area contributed by atoms with Crippen LogP contribution in [-0.4, -0.2) is 33.5 Å².